The summed E-state index contributed by atoms with van der Waals surface area (Å²) in [6.45, 7) is 5.65. The summed E-state index contributed by atoms with van der Waals surface area (Å²) in [6, 6.07) is 9.26. The van der Waals surface area contributed by atoms with Crippen molar-refractivity contribution in [2.24, 2.45) is 0 Å². The second-order valence-electron chi connectivity index (χ2n) is 3.45. The van der Waals surface area contributed by atoms with Gasteiger partial charge in [-0.1, -0.05) is 6.92 Å². The highest BCUT2D eigenvalue weighted by molar-refractivity contribution is 5.31. The van der Waals surface area contributed by atoms with Crippen LogP contribution in [0, 0.1) is 11.3 Å². The molecular weight excluding hydrogens is 216 g/mol. The fourth-order valence-corrected chi connectivity index (χ4v) is 1.37. The van der Waals surface area contributed by atoms with Gasteiger partial charge in [-0.05, 0) is 37.7 Å². The maximum Gasteiger partial charge on any atom is 0.130 e. The second-order valence-corrected chi connectivity index (χ2v) is 3.45. The van der Waals surface area contributed by atoms with Crippen LogP contribution >= 0.6 is 0 Å². The standard InChI is InChI=1S/C13H18N2O2/c1-3-15-11(9-14)10-17-13-7-5-12(6-8-13)16-4-2/h5-8,11,15H,3-4,10H2,1-2H3. The predicted octanol–water partition coefficient (Wildman–Crippen LogP) is 1.97. The van der Waals surface area contributed by atoms with E-state index in [2.05, 4.69) is 11.4 Å². The SMILES string of the molecule is CCNC(C#N)COc1ccc(OCC)cc1. The van der Waals surface area contributed by atoms with Gasteiger partial charge >= 0.3 is 0 Å². The molecule has 0 amide bonds. The van der Waals surface area contributed by atoms with Crippen LogP contribution in [0.25, 0.3) is 0 Å². The van der Waals surface area contributed by atoms with Crippen molar-refractivity contribution in [2.45, 2.75) is 19.9 Å². The third-order valence-corrected chi connectivity index (χ3v) is 2.16. The van der Waals surface area contributed by atoms with Crippen molar-refractivity contribution in [3.05, 3.63) is 24.3 Å². The lowest BCUT2D eigenvalue weighted by Crippen LogP contribution is -2.32. The Morgan fingerprint density at radius 2 is 1.76 bits per heavy atom. The molecule has 0 bridgehead atoms. The van der Waals surface area contributed by atoms with Crippen molar-refractivity contribution in [3.63, 3.8) is 0 Å². The van der Waals surface area contributed by atoms with Crippen molar-refractivity contribution >= 4 is 0 Å². The van der Waals surface area contributed by atoms with E-state index in [1.807, 2.05) is 38.1 Å². The molecule has 4 heteroatoms. The first-order valence-corrected chi connectivity index (χ1v) is 5.78. The molecule has 1 atom stereocenters. The van der Waals surface area contributed by atoms with Crippen LogP contribution in [0.15, 0.2) is 24.3 Å². The number of likely N-dealkylation sites (N-methyl/N-ethyl adjacent to an activating group) is 1. The maximum atomic E-state index is 8.84. The Labute approximate surface area is 102 Å². The van der Waals surface area contributed by atoms with Gasteiger partial charge in [-0.15, -0.1) is 0 Å². The smallest absolute Gasteiger partial charge is 0.130 e. The van der Waals surface area contributed by atoms with E-state index in [0.29, 0.717) is 13.2 Å². The van der Waals surface area contributed by atoms with E-state index in [1.54, 1.807) is 0 Å². The molecule has 1 rings (SSSR count). The third-order valence-electron chi connectivity index (χ3n) is 2.16. The van der Waals surface area contributed by atoms with Gasteiger partial charge < -0.3 is 9.47 Å². The van der Waals surface area contributed by atoms with Gasteiger partial charge in [-0.2, -0.15) is 5.26 Å². The van der Waals surface area contributed by atoms with Crippen molar-refractivity contribution in [1.82, 2.24) is 5.32 Å². The first-order chi connectivity index (χ1) is 8.30. The summed E-state index contributed by atoms with van der Waals surface area (Å²) in [5.41, 5.74) is 0. The number of nitrogens with zero attached hydrogens (tertiary/aromatic N) is 1. The highest BCUT2D eigenvalue weighted by Gasteiger charge is 2.05. The lowest BCUT2D eigenvalue weighted by molar-refractivity contribution is 0.289. The minimum Gasteiger partial charge on any atom is -0.494 e. The van der Waals surface area contributed by atoms with Crippen LogP contribution in [0.3, 0.4) is 0 Å². The highest BCUT2D eigenvalue weighted by atomic mass is 16.5. The van der Waals surface area contributed by atoms with Gasteiger partial charge in [0.2, 0.25) is 0 Å². The highest BCUT2D eigenvalue weighted by Crippen LogP contribution is 2.17. The van der Waals surface area contributed by atoms with Gasteiger partial charge in [0.05, 0.1) is 12.7 Å². The zero-order chi connectivity index (χ0) is 12.5. The average Bonchev–Trinajstić information content (AvgIpc) is 2.36. The summed E-state index contributed by atoms with van der Waals surface area (Å²) < 4.78 is 10.8. The fraction of sp³-hybridized carbons (Fsp3) is 0.462. The number of nitrogens with one attached hydrogen (secondary N) is 1. The average molecular weight is 234 g/mol. The van der Waals surface area contributed by atoms with Crippen molar-refractivity contribution in [1.29, 1.82) is 5.26 Å². The number of benzene rings is 1. The molecule has 0 radical (unpaired) electrons. The molecule has 0 saturated heterocycles. The molecule has 0 spiro atoms. The number of hydrogen-bond donors (Lipinski definition) is 1. The third kappa shape index (κ3) is 4.75. The van der Waals surface area contributed by atoms with E-state index < -0.39 is 0 Å². The molecule has 1 aromatic rings. The molecule has 0 fully saturated rings. The van der Waals surface area contributed by atoms with Gasteiger partial charge in [-0.3, -0.25) is 5.32 Å². The lowest BCUT2D eigenvalue weighted by atomic mass is 10.3. The van der Waals surface area contributed by atoms with Crippen molar-refractivity contribution in [2.75, 3.05) is 19.8 Å². The zero-order valence-corrected chi connectivity index (χ0v) is 10.3. The van der Waals surface area contributed by atoms with Crippen LogP contribution in [0.4, 0.5) is 0 Å². The molecule has 0 aliphatic heterocycles. The van der Waals surface area contributed by atoms with Gasteiger partial charge in [0, 0.05) is 0 Å². The molecule has 1 unspecified atom stereocenters. The normalized spacial score (nSPS) is 11.6. The quantitative estimate of drug-likeness (QED) is 0.783. The van der Waals surface area contributed by atoms with E-state index in [-0.39, 0.29) is 6.04 Å². The molecule has 4 nitrogen and oxygen atoms in total. The minimum atomic E-state index is -0.272. The fourth-order valence-electron chi connectivity index (χ4n) is 1.37. The topological polar surface area (TPSA) is 54.3 Å². The summed E-state index contributed by atoms with van der Waals surface area (Å²) in [4.78, 5) is 0. The Morgan fingerprint density at radius 1 is 1.18 bits per heavy atom. The number of ether oxygens (including phenoxy) is 2. The summed E-state index contributed by atoms with van der Waals surface area (Å²) in [5.74, 6) is 1.56. The molecule has 92 valence electrons. The molecule has 0 aliphatic carbocycles. The molecule has 0 saturated carbocycles. The molecule has 0 heterocycles. The number of hydrogen-bond acceptors (Lipinski definition) is 4. The molecule has 1 N–H and O–H groups in total. The predicted molar refractivity (Wildman–Crippen MR) is 66.2 cm³/mol. The molecule has 0 aliphatic rings. The van der Waals surface area contributed by atoms with Crippen LogP contribution in [0.2, 0.25) is 0 Å². The summed E-state index contributed by atoms with van der Waals surface area (Å²) >= 11 is 0. The first kappa shape index (κ1) is 13.3. The van der Waals surface area contributed by atoms with Crippen LogP contribution in [0.1, 0.15) is 13.8 Å². The minimum absolute atomic E-state index is 0.272. The van der Waals surface area contributed by atoms with E-state index in [0.717, 1.165) is 18.0 Å². The zero-order valence-electron chi connectivity index (χ0n) is 10.3. The second kappa shape index (κ2) is 7.53. The lowest BCUT2D eigenvalue weighted by Gasteiger charge is -2.12. The van der Waals surface area contributed by atoms with E-state index in [1.165, 1.54) is 0 Å². The molecule has 17 heavy (non-hydrogen) atoms. The van der Waals surface area contributed by atoms with Crippen molar-refractivity contribution < 1.29 is 9.47 Å². The van der Waals surface area contributed by atoms with Gasteiger partial charge in [0.25, 0.3) is 0 Å². The Hall–Kier alpha value is -1.73. The molecular formula is C13H18N2O2. The van der Waals surface area contributed by atoms with Crippen LogP contribution in [0.5, 0.6) is 11.5 Å². The van der Waals surface area contributed by atoms with Gasteiger partial charge in [0.15, 0.2) is 0 Å². The van der Waals surface area contributed by atoms with Gasteiger partial charge in [-0.25, -0.2) is 0 Å². The van der Waals surface area contributed by atoms with E-state index in [9.17, 15) is 0 Å². The Kier molecular flexibility index (Phi) is 5.91. The number of rotatable bonds is 7. The summed E-state index contributed by atoms with van der Waals surface area (Å²) in [7, 11) is 0. The monoisotopic (exact) mass is 234 g/mol. The van der Waals surface area contributed by atoms with Crippen LogP contribution < -0.4 is 14.8 Å². The maximum absolute atomic E-state index is 8.84. The molecule has 1 aromatic carbocycles. The molecule has 0 aromatic heterocycles. The Bertz CT molecular complexity index is 357. The number of nitriles is 1. The Balaban J connectivity index is 2.44. The summed E-state index contributed by atoms with van der Waals surface area (Å²) in [5, 5.41) is 11.9. The first-order valence-electron chi connectivity index (χ1n) is 5.78. The van der Waals surface area contributed by atoms with Crippen LogP contribution in [-0.4, -0.2) is 25.8 Å². The van der Waals surface area contributed by atoms with Gasteiger partial charge in [0.1, 0.15) is 24.1 Å². The van der Waals surface area contributed by atoms with Crippen LogP contribution in [-0.2, 0) is 0 Å². The van der Waals surface area contributed by atoms with E-state index >= 15 is 0 Å². The Morgan fingerprint density at radius 3 is 2.24 bits per heavy atom. The van der Waals surface area contributed by atoms with Crippen molar-refractivity contribution in [3.8, 4) is 17.6 Å². The summed E-state index contributed by atoms with van der Waals surface area (Å²) in [6.07, 6.45) is 0. The largest absolute Gasteiger partial charge is 0.494 e. The van der Waals surface area contributed by atoms with E-state index in [4.69, 9.17) is 14.7 Å².